The molecule has 0 aliphatic carbocycles. The summed E-state index contributed by atoms with van der Waals surface area (Å²) in [7, 11) is -3.69. The van der Waals surface area contributed by atoms with E-state index in [1.54, 1.807) is 24.3 Å². The number of nitrogens with zero attached hydrogens (tertiary/aromatic N) is 1. The van der Waals surface area contributed by atoms with Crippen LogP contribution in [0.3, 0.4) is 0 Å². The summed E-state index contributed by atoms with van der Waals surface area (Å²) in [6.07, 6.45) is 2.77. The zero-order valence-corrected chi connectivity index (χ0v) is 12.4. The Morgan fingerprint density at radius 1 is 1.33 bits per heavy atom. The quantitative estimate of drug-likeness (QED) is 0.845. The number of nitrogens with one attached hydrogen (secondary N) is 1. The van der Waals surface area contributed by atoms with Gasteiger partial charge in [-0.15, -0.1) is 0 Å². The maximum absolute atomic E-state index is 12.2. The Hall–Kier alpha value is -2.07. The second-order valence-electron chi connectivity index (χ2n) is 3.99. The summed E-state index contributed by atoms with van der Waals surface area (Å²) >= 11 is 5.99. The first kappa shape index (κ1) is 15.3. The number of aromatic nitrogens is 1. The van der Waals surface area contributed by atoms with Gasteiger partial charge < -0.3 is 5.73 Å². The molecular weight excluding hydrogens is 310 g/mol. The predicted molar refractivity (Wildman–Crippen MR) is 82.4 cm³/mol. The summed E-state index contributed by atoms with van der Waals surface area (Å²) in [5.74, 6) is 5.46. The van der Waals surface area contributed by atoms with Crippen LogP contribution in [0.1, 0.15) is 5.56 Å². The molecule has 2 aromatic rings. The van der Waals surface area contributed by atoms with Crippen LogP contribution in [0.5, 0.6) is 0 Å². The molecule has 0 aliphatic heterocycles. The Morgan fingerprint density at radius 3 is 2.81 bits per heavy atom. The minimum Gasteiger partial charge on any atom is -0.320 e. The molecule has 0 unspecified atom stereocenters. The molecule has 0 saturated heterocycles. The van der Waals surface area contributed by atoms with Crippen molar-refractivity contribution < 1.29 is 8.42 Å². The van der Waals surface area contributed by atoms with Crippen LogP contribution in [-0.2, 0) is 10.0 Å². The van der Waals surface area contributed by atoms with E-state index >= 15 is 0 Å². The van der Waals surface area contributed by atoms with Crippen molar-refractivity contribution in [2.45, 2.75) is 4.90 Å². The third-order valence-corrected chi connectivity index (χ3v) is 4.18. The molecule has 0 bridgehead atoms. The largest absolute Gasteiger partial charge is 0.320 e. The summed E-state index contributed by atoms with van der Waals surface area (Å²) in [6, 6.07) is 7.70. The number of rotatable bonds is 3. The lowest BCUT2D eigenvalue weighted by Gasteiger charge is -2.08. The lowest BCUT2D eigenvalue weighted by atomic mass is 10.2. The second-order valence-corrected chi connectivity index (χ2v) is 6.08. The molecule has 7 heteroatoms. The lowest BCUT2D eigenvalue weighted by Crippen LogP contribution is -2.13. The van der Waals surface area contributed by atoms with Gasteiger partial charge in [-0.05, 0) is 30.3 Å². The summed E-state index contributed by atoms with van der Waals surface area (Å²) in [5, 5.41) is 0.431. The van der Waals surface area contributed by atoms with Gasteiger partial charge in [0.15, 0.2) is 0 Å². The first-order valence-corrected chi connectivity index (χ1v) is 7.80. The van der Waals surface area contributed by atoms with Crippen molar-refractivity contribution >= 4 is 27.3 Å². The minimum absolute atomic E-state index is 0.0783. The first-order valence-electron chi connectivity index (χ1n) is 5.94. The highest BCUT2D eigenvalue weighted by molar-refractivity contribution is 7.92. The Bertz CT molecular complexity index is 796. The number of sulfonamides is 1. The lowest BCUT2D eigenvalue weighted by molar-refractivity contribution is 0.601. The zero-order chi connectivity index (χ0) is 15.3. The number of halogens is 1. The first-order chi connectivity index (χ1) is 10.0. The van der Waals surface area contributed by atoms with Crippen LogP contribution in [-0.4, -0.2) is 19.9 Å². The maximum Gasteiger partial charge on any atom is 0.263 e. The van der Waals surface area contributed by atoms with Gasteiger partial charge in [-0.3, -0.25) is 9.71 Å². The van der Waals surface area contributed by atoms with Crippen molar-refractivity contribution in [3.05, 3.63) is 53.3 Å². The van der Waals surface area contributed by atoms with Gasteiger partial charge in [-0.2, -0.15) is 0 Å². The molecule has 1 aromatic heterocycles. The molecule has 0 fully saturated rings. The van der Waals surface area contributed by atoms with E-state index in [4.69, 9.17) is 17.3 Å². The highest BCUT2D eigenvalue weighted by atomic mass is 35.5. The van der Waals surface area contributed by atoms with Crippen molar-refractivity contribution in [1.29, 1.82) is 0 Å². The third kappa shape index (κ3) is 3.95. The molecule has 0 amide bonds. The van der Waals surface area contributed by atoms with Crippen molar-refractivity contribution in [2.24, 2.45) is 5.73 Å². The standard InChI is InChI=1S/C14H12ClN3O2S/c15-14-6-5-12(9-11(14)3-1-7-16)18-21(19,20)13-4-2-8-17-10-13/h2,4-6,8-10,18H,7,16H2. The van der Waals surface area contributed by atoms with E-state index in [-0.39, 0.29) is 11.4 Å². The van der Waals surface area contributed by atoms with E-state index in [0.29, 0.717) is 16.3 Å². The molecule has 1 heterocycles. The SMILES string of the molecule is NCC#Cc1cc(NS(=O)(=O)c2cccnc2)ccc1Cl. The number of benzene rings is 1. The Kier molecular flexibility index (Phi) is 4.81. The van der Waals surface area contributed by atoms with E-state index in [9.17, 15) is 8.42 Å². The number of hydrogen-bond acceptors (Lipinski definition) is 4. The smallest absolute Gasteiger partial charge is 0.263 e. The Labute approximate surface area is 128 Å². The van der Waals surface area contributed by atoms with Gasteiger partial charge in [0.25, 0.3) is 10.0 Å². The van der Waals surface area contributed by atoms with E-state index in [2.05, 4.69) is 21.5 Å². The van der Waals surface area contributed by atoms with Crippen LogP contribution in [0.25, 0.3) is 0 Å². The Balaban J connectivity index is 2.32. The van der Waals surface area contributed by atoms with Crippen LogP contribution in [0, 0.1) is 11.8 Å². The molecule has 2 rings (SSSR count). The van der Waals surface area contributed by atoms with E-state index in [0.717, 1.165) is 0 Å². The highest BCUT2D eigenvalue weighted by Gasteiger charge is 2.14. The van der Waals surface area contributed by atoms with Gasteiger partial charge in [0.2, 0.25) is 0 Å². The fourth-order valence-corrected chi connectivity index (χ4v) is 2.73. The van der Waals surface area contributed by atoms with Gasteiger partial charge in [0.1, 0.15) is 4.90 Å². The number of hydrogen-bond donors (Lipinski definition) is 2. The molecule has 0 spiro atoms. The molecule has 0 aliphatic rings. The van der Waals surface area contributed by atoms with Crippen LogP contribution >= 0.6 is 11.6 Å². The van der Waals surface area contributed by atoms with Gasteiger partial charge in [0, 0.05) is 18.0 Å². The van der Waals surface area contributed by atoms with Gasteiger partial charge in [-0.1, -0.05) is 23.4 Å². The predicted octanol–water partition coefficient (Wildman–Crippen LogP) is 1.85. The van der Waals surface area contributed by atoms with E-state index < -0.39 is 10.0 Å². The summed E-state index contributed by atoms with van der Waals surface area (Å²) in [6.45, 7) is 0.196. The molecule has 3 N–H and O–H groups in total. The van der Waals surface area contributed by atoms with Gasteiger partial charge in [-0.25, -0.2) is 8.42 Å². The van der Waals surface area contributed by atoms with Gasteiger partial charge in [0.05, 0.1) is 17.3 Å². The van der Waals surface area contributed by atoms with E-state index in [1.165, 1.54) is 18.5 Å². The summed E-state index contributed by atoms with van der Waals surface area (Å²) in [5.41, 5.74) is 6.18. The Morgan fingerprint density at radius 2 is 2.14 bits per heavy atom. The average Bonchev–Trinajstić information content (AvgIpc) is 2.48. The van der Waals surface area contributed by atoms with Crippen LogP contribution in [0.2, 0.25) is 5.02 Å². The second kappa shape index (κ2) is 6.59. The van der Waals surface area contributed by atoms with Crippen molar-refractivity contribution in [1.82, 2.24) is 4.98 Å². The van der Waals surface area contributed by atoms with Crippen LogP contribution < -0.4 is 10.5 Å². The average molecular weight is 322 g/mol. The van der Waals surface area contributed by atoms with Gasteiger partial charge >= 0.3 is 0 Å². The number of nitrogens with two attached hydrogens (primary N) is 1. The molecule has 5 nitrogen and oxygen atoms in total. The van der Waals surface area contributed by atoms with E-state index in [1.807, 2.05) is 0 Å². The molecule has 21 heavy (non-hydrogen) atoms. The zero-order valence-electron chi connectivity index (χ0n) is 10.9. The highest BCUT2D eigenvalue weighted by Crippen LogP contribution is 2.22. The van der Waals surface area contributed by atoms with Crippen molar-refractivity contribution in [2.75, 3.05) is 11.3 Å². The number of pyridine rings is 1. The molecular formula is C14H12ClN3O2S. The third-order valence-electron chi connectivity index (χ3n) is 2.49. The van der Waals surface area contributed by atoms with Crippen LogP contribution in [0.4, 0.5) is 5.69 Å². The molecule has 0 radical (unpaired) electrons. The monoisotopic (exact) mass is 321 g/mol. The maximum atomic E-state index is 12.2. The molecule has 1 aromatic carbocycles. The van der Waals surface area contributed by atoms with Crippen molar-refractivity contribution in [3.63, 3.8) is 0 Å². The minimum atomic E-state index is -3.69. The number of anilines is 1. The summed E-state index contributed by atoms with van der Waals surface area (Å²) in [4.78, 5) is 3.87. The molecule has 108 valence electrons. The molecule has 0 atom stereocenters. The topological polar surface area (TPSA) is 85.1 Å². The fraction of sp³-hybridized carbons (Fsp3) is 0.0714. The fourth-order valence-electron chi connectivity index (χ4n) is 1.55. The summed E-state index contributed by atoms with van der Waals surface area (Å²) < 4.78 is 26.8. The van der Waals surface area contributed by atoms with Crippen molar-refractivity contribution in [3.8, 4) is 11.8 Å². The molecule has 0 saturated carbocycles. The van der Waals surface area contributed by atoms with Crippen LogP contribution in [0.15, 0.2) is 47.6 Å². The normalized spacial score (nSPS) is 10.6.